The van der Waals surface area contributed by atoms with E-state index in [0.717, 1.165) is 35.4 Å². The first-order chi connectivity index (χ1) is 13.6. The van der Waals surface area contributed by atoms with Gasteiger partial charge in [-0.3, -0.25) is 4.79 Å². The molecule has 3 nitrogen and oxygen atoms in total. The number of Topliss-reactive ketones (excluding diaryl/α,β-unsaturated/α-hetero) is 1. The van der Waals surface area contributed by atoms with Crippen LogP contribution in [0.2, 0.25) is 0 Å². The smallest absolute Gasteiger partial charge is 0.162 e. The van der Waals surface area contributed by atoms with Crippen LogP contribution in [0.25, 0.3) is 0 Å². The highest BCUT2D eigenvalue weighted by molar-refractivity contribution is 6.00. The Morgan fingerprint density at radius 2 is 1.75 bits per heavy atom. The van der Waals surface area contributed by atoms with Gasteiger partial charge in [0.1, 0.15) is 0 Å². The molecule has 1 aliphatic carbocycles. The Kier molecular flexibility index (Phi) is 4.88. The standard InChI is InChI=1S/C25H24N2O/c1-3-17-9-11-19(12-10-17)24-21(15-26)16(2)27-22-13-20(14-23(28)25(22)24)18-7-5-4-6-8-18/h4-12,20,24,27H,3,13-14H2,1-2H3/t20-,24+/m0/s1. The van der Waals surface area contributed by atoms with Crippen LogP contribution in [0.5, 0.6) is 0 Å². The number of dihydropyridines is 1. The first-order valence-corrected chi connectivity index (χ1v) is 9.90. The predicted octanol–water partition coefficient (Wildman–Crippen LogP) is 5.13. The minimum Gasteiger partial charge on any atom is -0.361 e. The van der Waals surface area contributed by atoms with Crippen LogP contribution in [0.3, 0.4) is 0 Å². The number of aryl methyl sites for hydroxylation is 1. The van der Waals surface area contributed by atoms with Gasteiger partial charge >= 0.3 is 0 Å². The fourth-order valence-electron chi connectivity index (χ4n) is 4.43. The number of nitriles is 1. The molecule has 0 spiro atoms. The van der Waals surface area contributed by atoms with E-state index >= 15 is 0 Å². The number of hydrogen-bond acceptors (Lipinski definition) is 3. The zero-order chi connectivity index (χ0) is 19.7. The van der Waals surface area contributed by atoms with Crippen molar-refractivity contribution in [3.63, 3.8) is 0 Å². The van der Waals surface area contributed by atoms with E-state index in [1.165, 1.54) is 11.1 Å². The highest BCUT2D eigenvalue weighted by Crippen LogP contribution is 2.45. The molecule has 0 amide bonds. The summed E-state index contributed by atoms with van der Waals surface area (Å²) in [6, 6.07) is 20.9. The lowest BCUT2D eigenvalue weighted by atomic mass is 9.72. The molecule has 0 saturated heterocycles. The monoisotopic (exact) mass is 368 g/mol. The Morgan fingerprint density at radius 1 is 1.04 bits per heavy atom. The van der Waals surface area contributed by atoms with Gasteiger partial charge in [0.05, 0.1) is 17.6 Å². The molecule has 1 heterocycles. The molecular weight excluding hydrogens is 344 g/mol. The zero-order valence-corrected chi connectivity index (χ0v) is 16.3. The maximum Gasteiger partial charge on any atom is 0.162 e. The lowest BCUT2D eigenvalue weighted by Gasteiger charge is -2.35. The van der Waals surface area contributed by atoms with Crippen LogP contribution in [0.1, 0.15) is 55.2 Å². The van der Waals surface area contributed by atoms with Gasteiger partial charge in [-0.2, -0.15) is 5.26 Å². The molecule has 1 aliphatic heterocycles. The molecule has 3 heteroatoms. The fourth-order valence-corrected chi connectivity index (χ4v) is 4.43. The molecule has 140 valence electrons. The number of carbonyl (C=O) groups is 1. The SMILES string of the molecule is CCc1ccc([C@@H]2C(C#N)=C(C)NC3=C2C(=O)C[C@@H](c2ccccc2)C3)cc1. The average molecular weight is 368 g/mol. The maximum atomic E-state index is 13.3. The van der Waals surface area contributed by atoms with E-state index < -0.39 is 0 Å². The predicted molar refractivity (Wildman–Crippen MR) is 110 cm³/mol. The summed E-state index contributed by atoms with van der Waals surface area (Å²) in [5, 5.41) is 13.2. The van der Waals surface area contributed by atoms with Crippen molar-refractivity contribution in [3.8, 4) is 6.07 Å². The van der Waals surface area contributed by atoms with Gasteiger partial charge in [-0.15, -0.1) is 0 Å². The Hall–Kier alpha value is -3.12. The van der Waals surface area contributed by atoms with Crippen molar-refractivity contribution in [2.24, 2.45) is 0 Å². The Bertz CT molecular complexity index is 1010. The summed E-state index contributed by atoms with van der Waals surface area (Å²) < 4.78 is 0. The van der Waals surface area contributed by atoms with E-state index in [1.807, 2.05) is 25.1 Å². The molecule has 0 fully saturated rings. The molecule has 2 atom stereocenters. The van der Waals surface area contributed by atoms with E-state index in [4.69, 9.17) is 0 Å². The number of allylic oxidation sites excluding steroid dienone is 4. The number of benzene rings is 2. The van der Waals surface area contributed by atoms with Gasteiger partial charge in [0.15, 0.2) is 5.78 Å². The van der Waals surface area contributed by atoms with Crippen molar-refractivity contribution < 1.29 is 4.79 Å². The number of rotatable bonds is 3. The minimum atomic E-state index is -0.267. The van der Waals surface area contributed by atoms with Crippen molar-refractivity contribution in [3.05, 3.63) is 93.8 Å². The number of carbonyl (C=O) groups excluding carboxylic acids is 1. The average Bonchev–Trinajstić information content (AvgIpc) is 2.73. The van der Waals surface area contributed by atoms with E-state index in [-0.39, 0.29) is 17.6 Å². The summed E-state index contributed by atoms with van der Waals surface area (Å²) >= 11 is 0. The highest BCUT2D eigenvalue weighted by Gasteiger charge is 2.38. The lowest BCUT2D eigenvalue weighted by Crippen LogP contribution is -2.33. The molecule has 2 aromatic rings. The Balaban J connectivity index is 1.77. The van der Waals surface area contributed by atoms with Crippen molar-refractivity contribution in [2.45, 2.75) is 44.9 Å². The quantitative estimate of drug-likeness (QED) is 0.817. The first-order valence-electron chi connectivity index (χ1n) is 9.90. The van der Waals surface area contributed by atoms with Crippen LogP contribution in [-0.4, -0.2) is 5.78 Å². The summed E-state index contributed by atoms with van der Waals surface area (Å²) in [6.07, 6.45) is 2.26. The van der Waals surface area contributed by atoms with E-state index in [2.05, 4.69) is 54.7 Å². The van der Waals surface area contributed by atoms with Crippen molar-refractivity contribution in [1.82, 2.24) is 5.32 Å². The molecule has 0 aromatic heterocycles. The third-order valence-corrected chi connectivity index (χ3v) is 5.94. The topological polar surface area (TPSA) is 52.9 Å². The summed E-state index contributed by atoms with van der Waals surface area (Å²) in [6.45, 7) is 4.06. The Morgan fingerprint density at radius 3 is 2.39 bits per heavy atom. The van der Waals surface area contributed by atoms with Gasteiger partial charge in [-0.1, -0.05) is 61.5 Å². The second-order valence-electron chi connectivity index (χ2n) is 7.63. The van der Waals surface area contributed by atoms with Crippen LogP contribution in [0.15, 0.2) is 77.1 Å². The first kappa shape index (κ1) is 18.3. The number of nitrogens with zero attached hydrogens (tertiary/aromatic N) is 1. The van der Waals surface area contributed by atoms with Gasteiger partial charge in [0, 0.05) is 23.4 Å². The molecule has 0 bridgehead atoms. The summed E-state index contributed by atoms with van der Waals surface area (Å²) in [5.41, 5.74) is 6.73. The highest BCUT2D eigenvalue weighted by atomic mass is 16.1. The molecule has 4 rings (SSSR count). The molecule has 28 heavy (non-hydrogen) atoms. The largest absolute Gasteiger partial charge is 0.361 e. The molecule has 1 N–H and O–H groups in total. The normalized spacial score (nSPS) is 21.8. The third-order valence-electron chi connectivity index (χ3n) is 5.94. The second-order valence-corrected chi connectivity index (χ2v) is 7.63. The van der Waals surface area contributed by atoms with Crippen LogP contribution >= 0.6 is 0 Å². The van der Waals surface area contributed by atoms with E-state index in [0.29, 0.717) is 12.0 Å². The molecule has 0 radical (unpaired) electrons. The molecular formula is C25H24N2O. The van der Waals surface area contributed by atoms with Gasteiger partial charge in [-0.05, 0) is 42.4 Å². The van der Waals surface area contributed by atoms with E-state index in [1.54, 1.807) is 0 Å². The van der Waals surface area contributed by atoms with Gasteiger partial charge in [-0.25, -0.2) is 0 Å². The van der Waals surface area contributed by atoms with Crippen molar-refractivity contribution in [1.29, 1.82) is 5.26 Å². The Labute approximate surface area is 166 Å². The minimum absolute atomic E-state index is 0.146. The van der Waals surface area contributed by atoms with Gasteiger partial charge in [0.2, 0.25) is 0 Å². The van der Waals surface area contributed by atoms with Crippen LogP contribution in [-0.2, 0) is 11.2 Å². The van der Waals surface area contributed by atoms with Crippen LogP contribution in [0, 0.1) is 11.3 Å². The number of nitrogens with one attached hydrogen (secondary N) is 1. The van der Waals surface area contributed by atoms with Crippen molar-refractivity contribution in [2.75, 3.05) is 0 Å². The maximum absolute atomic E-state index is 13.3. The number of hydrogen-bond donors (Lipinski definition) is 1. The van der Waals surface area contributed by atoms with Crippen molar-refractivity contribution >= 4 is 5.78 Å². The third kappa shape index (κ3) is 3.16. The van der Waals surface area contributed by atoms with Crippen LogP contribution in [0.4, 0.5) is 0 Å². The lowest BCUT2D eigenvalue weighted by molar-refractivity contribution is -0.116. The summed E-state index contributed by atoms with van der Waals surface area (Å²) in [4.78, 5) is 13.3. The zero-order valence-electron chi connectivity index (χ0n) is 16.3. The van der Waals surface area contributed by atoms with E-state index in [9.17, 15) is 10.1 Å². The van der Waals surface area contributed by atoms with Gasteiger partial charge < -0.3 is 5.32 Å². The molecule has 2 aromatic carbocycles. The summed E-state index contributed by atoms with van der Waals surface area (Å²) in [7, 11) is 0. The molecule has 2 aliphatic rings. The number of ketones is 1. The van der Waals surface area contributed by atoms with Gasteiger partial charge in [0.25, 0.3) is 0 Å². The second kappa shape index (κ2) is 7.48. The summed E-state index contributed by atoms with van der Waals surface area (Å²) in [5.74, 6) is 0.0586. The molecule has 0 saturated carbocycles. The van der Waals surface area contributed by atoms with Crippen LogP contribution < -0.4 is 5.32 Å². The fraction of sp³-hybridized carbons (Fsp3) is 0.280. The molecule has 0 unspecified atom stereocenters.